The summed E-state index contributed by atoms with van der Waals surface area (Å²) in [6, 6.07) is 3.58. The molecule has 2 amide bonds. The Morgan fingerprint density at radius 3 is 2.74 bits per heavy atom. The Kier molecular flexibility index (Phi) is 5.67. The smallest absolute Gasteiger partial charge is 0.318 e. The summed E-state index contributed by atoms with van der Waals surface area (Å²) in [6.45, 7) is 6.24. The maximum atomic E-state index is 12.4. The topological polar surface area (TPSA) is 84.2 Å². The van der Waals surface area contributed by atoms with E-state index in [1.165, 1.54) is 4.90 Å². The van der Waals surface area contributed by atoms with E-state index in [4.69, 9.17) is 4.42 Å². The van der Waals surface area contributed by atoms with E-state index in [1.807, 2.05) is 12.1 Å². The van der Waals surface area contributed by atoms with Crippen LogP contribution in [-0.2, 0) is 6.54 Å². The number of hydrogen-bond donors (Lipinski definition) is 1. The van der Waals surface area contributed by atoms with E-state index in [9.17, 15) is 4.79 Å². The number of aromatic nitrogens is 3. The fourth-order valence-electron chi connectivity index (χ4n) is 2.27. The Morgan fingerprint density at radius 1 is 1.39 bits per heavy atom. The molecule has 7 heteroatoms. The zero-order valence-corrected chi connectivity index (χ0v) is 14.0. The molecule has 0 unspecified atom stereocenters. The molecule has 0 radical (unpaired) electrons. The van der Waals surface area contributed by atoms with Gasteiger partial charge in [-0.3, -0.25) is 4.98 Å². The predicted octanol–water partition coefficient (Wildman–Crippen LogP) is 2.70. The van der Waals surface area contributed by atoms with E-state index in [-0.39, 0.29) is 18.6 Å². The number of nitrogens with one attached hydrogen (secondary N) is 1. The molecule has 2 aromatic heterocycles. The minimum Gasteiger partial charge on any atom is -0.424 e. The first kappa shape index (κ1) is 16.9. The summed E-state index contributed by atoms with van der Waals surface area (Å²) in [5.41, 5.74) is 0.997. The van der Waals surface area contributed by atoms with E-state index in [2.05, 4.69) is 34.3 Å². The van der Waals surface area contributed by atoms with Crippen LogP contribution in [0.4, 0.5) is 4.79 Å². The highest BCUT2D eigenvalue weighted by atomic mass is 16.4. The lowest BCUT2D eigenvalue weighted by atomic mass is 9.98. The van der Waals surface area contributed by atoms with Crippen molar-refractivity contribution < 1.29 is 9.21 Å². The van der Waals surface area contributed by atoms with Crippen molar-refractivity contribution >= 4 is 6.03 Å². The summed E-state index contributed by atoms with van der Waals surface area (Å²) in [4.78, 5) is 18.1. The van der Waals surface area contributed by atoms with Crippen LogP contribution in [0.1, 0.15) is 43.7 Å². The second-order valence-electron chi connectivity index (χ2n) is 5.99. The van der Waals surface area contributed by atoms with Gasteiger partial charge in [-0.1, -0.05) is 19.9 Å². The average molecular weight is 317 g/mol. The van der Waals surface area contributed by atoms with Gasteiger partial charge in [0.05, 0.1) is 6.04 Å². The molecular formula is C16H23N5O2. The number of carbonyl (C=O) groups is 1. The van der Waals surface area contributed by atoms with Crippen molar-refractivity contribution in [1.29, 1.82) is 0 Å². The minimum absolute atomic E-state index is 0.0805. The van der Waals surface area contributed by atoms with E-state index in [0.29, 0.717) is 17.7 Å². The van der Waals surface area contributed by atoms with Gasteiger partial charge in [0.25, 0.3) is 0 Å². The summed E-state index contributed by atoms with van der Waals surface area (Å²) in [7, 11) is 1.70. The SMILES string of the molecule is Cc1nnc(CN(C)C(=O)N[C@@H](CC(C)C)c2cccnc2)o1. The highest BCUT2D eigenvalue weighted by molar-refractivity contribution is 5.74. The molecule has 0 spiro atoms. The maximum Gasteiger partial charge on any atom is 0.318 e. The third kappa shape index (κ3) is 5.05. The lowest BCUT2D eigenvalue weighted by molar-refractivity contribution is 0.195. The third-order valence-electron chi connectivity index (χ3n) is 3.38. The summed E-state index contributed by atoms with van der Waals surface area (Å²) < 4.78 is 5.30. The van der Waals surface area contributed by atoms with Gasteiger partial charge in [0, 0.05) is 26.4 Å². The highest BCUT2D eigenvalue weighted by Crippen LogP contribution is 2.20. The summed E-state index contributed by atoms with van der Waals surface area (Å²) in [6.07, 6.45) is 4.35. The fraction of sp³-hybridized carbons (Fsp3) is 0.500. The molecule has 0 aliphatic carbocycles. The largest absolute Gasteiger partial charge is 0.424 e. The molecule has 0 fully saturated rings. The normalized spacial score (nSPS) is 12.2. The molecule has 2 aromatic rings. The van der Waals surface area contributed by atoms with Gasteiger partial charge in [-0.05, 0) is 24.0 Å². The van der Waals surface area contributed by atoms with Crippen LogP contribution in [0.15, 0.2) is 28.9 Å². The van der Waals surface area contributed by atoms with E-state index < -0.39 is 0 Å². The molecule has 2 rings (SSSR count). The lowest BCUT2D eigenvalue weighted by Crippen LogP contribution is -2.39. The molecular weight excluding hydrogens is 294 g/mol. The second-order valence-corrected chi connectivity index (χ2v) is 5.99. The highest BCUT2D eigenvalue weighted by Gasteiger charge is 2.19. The molecule has 0 aliphatic heterocycles. The van der Waals surface area contributed by atoms with Gasteiger partial charge < -0.3 is 14.6 Å². The van der Waals surface area contributed by atoms with Crippen molar-refractivity contribution in [2.75, 3.05) is 7.05 Å². The van der Waals surface area contributed by atoms with Crippen LogP contribution in [0.5, 0.6) is 0 Å². The van der Waals surface area contributed by atoms with Gasteiger partial charge in [0.2, 0.25) is 11.8 Å². The summed E-state index contributed by atoms with van der Waals surface area (Å²) in [5, 5.41) is 10.7. The Labute approximate surface area is 136 Å². The number of pyridine rings is 1. The molecule has 23 heavy (non-hydrogen) atoms. The molecule has 2 heterocycles. The third-order valence-corrected chi connectivity index (χ3v) is 3.38. The van der Waals surface area contributed by atoms with Crippen LogP contribution in [0.2, 0.25) is 0 Å². The van der Waals surface area contributed by atoms with Crippen molar-refractivity contribution in [2.45, 2.75) is 39.8 Å². The monoisotopic (exact) mass is 317 g/mol. The van der Waals surface area contributed by atoms with E-state index in [0.717, 1.165) is 12.0 Å². The predicted molar refractivity (Wildman–Crippen MR) is 85.5 cm³/mol. The van der Waals surface area contributed by atoms with Crippen LogP contribution < -0.4 is 5.32 Å². The standard InChI is InChI=1S/C16H23N5O2/c1-11(2)8-14(13-6-5-7-17-9-13)18-16(22)21(4)10-15-20-19-12(3)23-15/h5-7,9,11,14H,8,10H2,1-4H3,(H,18,22)/t14-/m0/s1. The molecule has 1 atom stereocenters. The minimum atomic E-state index is -0.185. The number of hydrogen-bond acceptors (Lipinski definition) is 5. The molecule has 0 aliphatic rings. The zero-order valence-electron chi connectivity index (χ0n) is 14.0. The zero-order chi connectivity index (χ0) is 16.8. The van der Waals surface area contributed by atoms with Crippen molar-refractivity contribution in [3.05, 3.63) is 41.9 Å². The summed E-state index contributed by atoms with van der Waals surface area (Å²) in [5.74, 6) is 1.35. The first-order valence-electron chi connectivity index (χ1n) is 7.66. The van der Waals surface area contributed by atoms with E-state index >= 15 is 0 Å². The molecule has 0 aromatic carbocycles. The molecule has 1 N–H and O–H groups in total. The average Bonchev–Trinajstić information content (AvgIpc) is 2.92. The van der Waals surface area contributed by atoms with Crippen LogP contribution in [0.3, 0.4) is 0 Å². The lowest BCUT2D eigenvalue weighted by Gasteiger charge is -2.24. The maximum absolute atomic E-state index is 12.4. The van der Waals surface area contributed by atoms with Gasteiger partial charge in [-0.25, -0.2) is 4.79 Å². The van der Waals surface area contributed by atoms with Crippen LogP contribution in [-0.4, -0.2) is 33.2 Å². The first-order chi connectivity index (χ1) is 11.0. The molecule has 124 valence electrons. The number of rotatable bonds is 6. The van der Waals surface area contributed by atoms with Crippen LogP contribution in [0, 0.1) is 12.8 Å². The number of nitrogens with zero attached hydrogens (tertiary/aromatic N) is 4. The van der Waals surface area contributed by atoms with E-state index in [1.54, 1.807) is 26.4 Å². The number of amides is 2. The number of urea groups is 1. The van der Waals surface area contributed by atoms with Gasteiger partial charge in [0.15, 0.2) is 0 Å². The quantitative estimate of drug-likeness (QED) is 0.885. The fourth-order valence-corrected chi connectivity index (χ4v) is 2.27. The Morgan fingerprint density at radius 2 is 2.17 bits per heavy atom. The van der Waals surface area contributed by atoms with Gasteiger partial charge >= 0.3 is 6.03 Å². The molecule has 0 bridgehead atoms. The Balaban J connectivity index is 2.01. The van der Waals surface area contributed by atoms with Gasteiger partial charge in [-0.2, -0.15) is 0 Å². The number of carbonyl (C=O) groups excluding carboxylic acids is 1. The Hall–Kier alpha value is -2.44. The molecule has 0 saturated heterocycles. The van der Waals surface area contributed by atoms with Crippen LogP contribution in [0.25, 0.3) is 0 Å². The molecule has 7 nitrogen and oxygen atoms in total. The van der Waals surface area contributed by atoms with Crippen molar-refractivity contribution in [3.63, 3.8) is 0 Å². The van der Waals surface area contributed by atoms with Crippen molar-refractivity contribution in [3.8, 4) is 0 Å². The van der Waals surface area contributed by atoms with Crippen molar-refractivity contribution in [2.24, 2.45) is 5.92 Å². The summed E-state index contributed by atoms with van der Waals surface area (Å²) >= 11 is 0. The number of aryl methyl sites for hydroxylation is 1. The van der Waals surface area contributed by atoms with Crippen molar-refractivity contribution in [1.82, 2.24) is 25.4 Å². The van der Waals surface area contributed by atoms with Gasteiger partial charge in [0.1, 0.15) is 6.54 Å². The first-order valence-corrected chi connectivity index (χ1v) is 7.66. The second kappa shape index (κ2) is 7.71. The Bertz CT molecular complexity index is 626. The van der Waals surface area contributed by atoms with Crippen LogP contribution >= 0.6 is 0 Å². The molecule has 0 saturated carbocycles. The van der Waals surface area contributed by atoms with Gasteiger partial charge in [-0.15, -0.1) is 10.2 Å².